The lowest BCUT2D eigenvalue weighted by Gasteiger charge is -2.03. The Morgan fingerprint density at radius 3 is 2.74 bits per heavy atom. The number of hydrogen-bond acceptors (Lipinski definition) is 2. The number of nitrogens with zero attached hydrogens (tertiary/aromatic N) is 2. The molecule has 2 rings (SSSR count). The van der Waals surface area contributed by atoms with Crippen molar-refractivity contribution in [1.82, 2.24) is 15.1 Å². The summed E-state index contributed by atoms with van der Waals surface area (Å²) < 4.78 is 1.65. The van der Waals surface area contributed by atoms with E-state index in [0.717, 1.165) is 6.42 Å². The van der Waals surface area contributed by atoms with E-state index in [9.17, 15) is 4.79 Å². The number of carbonyl (C=O) groups excluding carboxylic acids is 1. The zero-order valence-corrected chi connectivity index (χ0v) is 11.5. The molecular weight excluding hydrogens is 262 g/mol. The van der Waals surface area contributed by atoms with Gasteiger partial charge in [0.25, 0.3) is 5.91 Å². The largest absolute Gasteiger partial charge is 0.350 e. The molecule has 1 aromatic carbocycles. The van der Waals surface area contributed by atoms with Crippen molar-refractivity contribution in [2.75, 3.05) is 6.54 Å². The fraction of sp³-hybridized carbons (Fsp3) is 0.286. The van der Waals surface area contributed by atoms with Gasteiger partial charge in [0.05, 0.1) is 5.02 Å². The molecule has 2 aromatic rings. The first kappa shape index (κ1) is 13.6. The molecule has 0 radical (unpaired) electrons. The van der Waals surface area contributed by atoms with Gasteiger partial charge in [-0.3, -0.25) is 9.48 Å². The Morgan fingerprint density at radius 1 is 1.37 bits per heavy atom. The van der Waals surface area contributed by atoms with Crippen LogP contribution in [0.25, 0.3) is 0 Å². The van der Waals surface area contributed by atoms with Crippen LogP contribution in [0.4, 0.5) is 0 Å². The number of benzene rings is 1. The van der Waals surface area contributed by atoms with Crippen LogP contribution < -0.4 is 5.32 Å². The van der Waals surface area contributed by atoms with Crippen LogP contribution in [0.2, 0.25) is 5.02 Å². The SMILES string of the molecule is CCn1cc(Cl)c(C(=O)NCCc2ccccc2)n1. The molecule has 0 spiro atoms. The minimum absolute atomic E-state index is 0.229. The van der Waals surface area contributed by atoms with Crippen molar-refractivity contribution in [1.29, 1.82) is 0 Å². The summed E-state index contributed by atoms with van der Waals surface area (Å²) in [5, 5.41) is 7.34. The predicted molar refractivity (Wildman–Crippen MR) is 75.4 cm³/mol. The fourth-order valence-corrected chi connectivity index (χ4v) is 2.00. The van der Waals surface area contributed by atoms with Crippen LogP contribution in [-0.2, 0) is 13.0 Å². The molecule has 0 aliphatic carbocycles. The summed E-state index contributed by atoms with van der Waals surface area (Å²) in [5.41, 5.74) is 1.48. The van der Waals surface area contributed by atoms with Crippen molar-refractivity contribution in [3.05, 3.63) is 52.8 Å². The molecule has 1 N–H and O–H groups in total. The third-order valence-corrected chi connectivity index (χ3v) is 3.07. The summed E-state index contributed by atoms with van der Waals surface area (Å²) in [6, 6.07) is 10.0. The second-order valence-electron chi connectivity index (χ2n) is 4.17. The molecule has 19 heavy (non-hydrogen) atoms. The molecule has 0 aliphatic rings. The van der Waals surface area contributed by atoms with Crippen LogP contribution in [-0.4, -0.2) is 22.2 Å². The van der Waals surface area contributed by atoms with Crippen LogP contribution in [0, 0.1) is 0 Å². The molecule has 1 amide bonds. The second-order valence-corrected chi connectivity index (χ2v) is 4.58. The lowest BCUT2D eigenvalue weighted by atomic mass is 10.1. The first-order valence-electron chi connectivity index (χ1n) is 6.25. The molecule has 0 unspecified atom stereocenters. The van der Waals surface area contributed by atoms with E-state index in [1.165, 1.54) is 5.56 Å². The Bertz CT molecular complexity index is 551. The molecule has 0 bridgehead atoms. The Hall–Kier alpha value is -1.81. The Balaban J connectivity index is 1.89. The summed E-state index contributed by atoms with van der Waals surface area (Å²) in [7, 11) is 0. The Kier molecular flexibility index (Phi) is 4.58. The highest BCUT2D eigenvalue weighted by molar-refractivity contribution is 6.33. The van der Waals surface area contributed by atoms with Crippen LogP contribution in [0.1, 0.15) is 23.0 Å². The molecule has 4 nitrogen and oxygen atoms in total. The van der Waals surface area contributed by atoms with Gasteiger partial charge in [-0.2, -0.15) is 5.10 Å². The highest BCUT2D eigenvalue weighted by Gasteiger charge is 2.14. The van der Waals surface area contributed by atoms with Gasteiger partial charge in [0.1, 0.15) is 0 Å². The maximum absolute atomic E-state index is 11.9. The minimum Gasteiger partial charge on any atom is -0.350 e. The molecule has 0 atom stereocenters. The molecular formula is C14H16ClN3O. The number of amides is 1. The maximum Gasteiger partial charge on any atom is 0.273 e. The van der Waals surface area contributed by atoms with Crippen molar-refractivity contribution >= 4 is 17.5 Å². The van der Waals surface area contributed by atoms with Crippen LogP contribution in [0.15, 0.2) is 36.5 Å². The minimum atomic E-state index is -0.229. The molecule has 0 saturated heterocycles. The highest BCUT2D eigenvalue weighted by Crippen LogP contribution is 2.13. The van der Waals surface area contributed by atoms with E-state index in [1.54, 1.807) is 10.9 Å². The van der Waals surface area contributed by atoms with Gasteiger partial charge in [-0.1, -0.05) is 41.9 Å². The normalized spacial score (nSPS) is 10.4. The zero-order chi connectivity index (χ0) is 13.7. The molecule has 0 aliphatic heterocycles. The quantitative estimate of drug-likeness (QED) is 0.913. The molecule has 0 fully saturated rings. The standard InChI is InChI=1S/C14H16ClN3O/c1-2-18-10-12(15)13(17-18)14(19)16-9-8-11-6-4-3-5-7-11/h3-7,10H,2,8-9H2,1H3,(H,16,19). The monoisotopic (exact) mass is 277 g/mol. The number of rotatable bonds is 5. The lowest BCUT2D eigenvalue weighted by molar-refractivity contribution is 0.0948. The van der Waals surface area contributed by atoms with Crippen LogP contribution in [0.5, 0.6) is 0 Å². The molecule has 1 aromatic heterocycles. The van der Waals surface area contributed by atoms with Crippen molar-refractivity contribution in [2.45, 2.75) is 19.9 Å². The average molecular weight is 278 g/mol. The van der Waals surface area contributed by atoms with E-state index in [4.69, 9.17) is 11.6 Å². The predicted octanol–water partition coefficient (Wildman–Crippen LogP) is 2.53. The first-order chi connectivity index (χ1) is 9.20. The number of aryl methyl sites for hydroxylation is 1. The van der Waals surface area contributed by atoms with Crippen molar-refractivity contribution in [3.63, 3.8) is 0 Å². The number of carbonyl (C=O) groups is 1. The first-order valence-corrected chi connectivity index (χ1v) is 6.63. The van der Waals surface area contributed by atoms with E-state index < -0.39 is 0 Å². The highest BCUT2D eigenvalue weighted by atomic mass is 35.5. The topological polar surface area (TPSA) is 46.9 Å². The average Bonchev–Trinajstić information content (AvgIpc) is 2.81. The summed E-state index contributed by atoms with van der Waals surface area (Å²) >= 11 is 5.97. The molecule has 5 heteroatoms. The van der Waals surface area contributed by atoms with Gasteiger partial charge in [-0.05, 0) is 18.9 Å². The van der Waals surface area contributed by atoms with Gasteiger partial charge in [0.2, 0.25) is 0 Å². The molecule has 100 valence electrons. The van der Waals surface area contributed by atoms with E-state index in [2.05, 4.69) is 10.4 Å². The van der Waals surface area contributed by atoms with Gasteiger partial charge < -0.3 is 5.32 Å². The Labute approximate surface area is 117 Å². The van der Waals surface area contributed by atoms with Crippen molar-refractivity contribution in [3.8, 4) is 0 Å². The van der Waals surface area contributed by atoms with Gasteiger partial charge in [0.15, 0.2) is 5.69 Å². The number of aromatic nitrogens is 2. The molecule has 0 saturated carbocycles. The summed E-state index contributed by atoms with van der Waals surface area (Å²) in [6.45, 7) is 3.20. The van der Waals surface area contributed by atoms with E-state index >= 15 is 0 Å². The van der Waals surface area contributed by atoms with Crippen molar-refractivity contribution in [2.24, 2.45) is 0 Å². The van der Waals surface area contributed by atoms with E-state index in [0.29, 0.717) is 18.1 Å². The van der Waals surface area contributed by atoms with Crippen LogP contribution >= 0.6 is 11.6 Å². The van der Waals surface area contributed by atoms with E-state index in [1.807, 2.05) is 37.3 Å². The van der Waals surface area contributed by atoms with Gasteiger partial charge in [0, 0.05) is 19.3 Å². The van der Waals surface area contributed by atoms with Gasteiger partial charge in [-0.15, -0.1) is 0 Å². The summed E-state index contributed by atoms with van der Waals surface area (Å²) in [6.07, 6.45) is 2.45. The maximum atomic E-state index is 11.9. The third kappa shape index (κ3) is 3.58. The van der Waals surface area contributed by atoms with E-state index in [-0.39, 0.29) is 11.6 Å². The van der Waals surface area contributed by atoms with Gasteiger partial charge in [-0.25, -0.2) is 0 Å². The second kappa shape index (κ2) is 6.38. The van der Waals surface area contributed by atoms with Crippen molar-refractivity contribution < 1.29 is 4.79 Å². The number of nitrogens with one attached hydrogen (secondary N) is 1. The lowest BCUT2D eigenvalue weighted by Crippen LogP contribution is -2.26. The fourth-order valence-electron chi connectivity index (χ4n) is 1.76. The smallest absolute Gasteiger partial charge is 0.273 e. The zero-order valence-electron chi connectivity index (χ0n) is 10.8. The Morgan fingerprint density at radius 2 is 2.11 bits per heavy atom. The summed E-state index contributed by atoms with van der Waals surface area (Å²) in [4.78, 5) is 11.9. The third-order valence-electron chi connectivity index (χ3n) is 2.80. The number of halogens is 1. The van der Waals surface area contributed by atoms with Crippen LogP contribution in [0.3, 0.4) is 0 Å². The van der Waals surface area contributed by atoms with Gasteiger partial charge >= 0.3 is 0 Å². The molecule has 1 heterocycles. The summed E-state index contributed by atoms with van der Waals surface area (Å²) in [5.74, 6) is -0.229. The number of hydrogen-bond donors (Lipinski definition) is 1.